The summed E-state index contributed by atoms with van der Waals surface area (Å²) in [5.41, 5.74) is 1.61. The van der Waals surface area contributed by atoms with Crippen molar-refractivity contribution in [3.05, 3.63) is 71.1 Å². The molecule has 7 nitrogen and oxygen atoms in total. The Morgan fingerprint density at radius 1 is 1.16 bits per heavy atom. The Balaban J connectivity index is 1.67. The summed E-state index contributed by atoms with van der Waals surface area (Å²) < 4.78 is 68.7. The molecule has 1 amide bonds. The number of imidazole rings is 1. The fourth-order valence-electron chi connectivity index (χ4n) is 4.29. The number of rotatable bonds is 10. The Hall–Kier alpha value is -3.83. The summed E-state index contributed by atoms with van der Waals surface area (Å²) in [5, 5.41) is 6.28. The summed E-state index contributed by atoms with van der Waals surface area (Å²) in [6, 6.07) is 5.50. The lowest BCUT2D eigenvalue weighted by Crippen LogP contribution is -2.25. The third-order valence-electron chi connectivity index (χ3n) is 6.11. The van der Waals surface area contributed by atoms with Gasteiger partial charge in [-0.15, -0.1) is 0 Å². The van der Waals surface area contributed by atoms with Gasteiger partial charge in [-0.2, -0.15) is 18.3 Å². The van der Waals surface area contributed by atoms with Gasteiger partial charge >= 0.3 is 6.18 Å². The van der Waals surface area contributed by atoms with Crippen LogP contribution in [0.2, 0.25) is 0 Å². The van der Waals surface area contributed by atoms with Crippen LogP contribution in [0.25, 0.3) is 16.9 Å². The van der Waals surface area contributed by atoms with Gasteiger partial charge in [-0.3, -0.25) is 18.9 Å². The molecule has 12 heteroatoms. The lowest BCUT2D eigenvalue weighted by Gasteiger charge is -2.11. The van der Waals surface area contributed by atoms with Gasteiger partial charge in [-0.25, -0.2) is 13.8 Å². The first-order valence-corrected chi connectivity index (χ1v) is 12.3. The third kappa shape index (κ3) is 5.84. The first-order chi connectivity index (χ1) is 18.1. The highest BCUT2D eigenvalue weighted by Gasteiger charge is 2.38. The molecule has 38 heavy (non-hydrogen) atoms. The van der Waals surface area contributed by atoms with Gasteiger partial charge in [-0.1, -0.05) is 32.4 Å². The molecule has 0 bridgehead atoms. The number of benzene rings is 1. The number of fused-ring (bicyclic) bond motifs is 1. The topological polar surface area (TPSA) is 77.1 Å². The SMILES string of the molecule is CCCCNC(=O)c1ccc(Cc2nccn3c(-c4cn(CC(F)F)nc4C(F)(F)F)cnc23)cc1CC. The number of alkyl halides is 5. The highest BCUT2D eigenvalue weighted by molar-refractivity contribution is 5.95. The van der Waals surface area contributed by atoms with Crippen molar-refractivity contribution >= 4 is 11.6 Å². The zero-order chi connectivity index (χ0) is 27.4. The van der Waals surface area contributed by atoms with E-state index in [0.29, 0.717) is 41.0 Å². The maximum absolute atomic E-state index is 13.7. The molecule has 0 saturated heterocycles. The first kappa shape index (κ1) is 27.2. The Labute approximate surface area is 215 Å². The predicted octanol–water partition coefficient (Wildman–Crippen LogP) is 5.56. The molecular weight excluding hydrogens is 507 g/mol. The van der Waals surface area contributed by atoms with E-state index in [1.54, 1.807) is 6.07 Å². The molecule has 0 spiro atoms. The minimum Gasteiger partial charge on any atom is -0.352 e. The number of carbonyl (C=O) groups excluding carboxylic acids is 1. The number of aryl methyl sites for hydroxylation is 1. The predicted molar refractivity (Wildman–Crippen MR) is 131 cm³/mol. The van der Waals surface area contributed by atoms with Gasteiger partial charge in [0.25, 0.3) is 12.3 Å². The Kier molecular flexibility index (Phi) is 8.08. The van der Waals surface area contributed by atoms with E-state index < -0.39 is 24.8 Å². The van der Waals surface area contributed by atoms with E-state index in [1.807, 2.05) is 26.0 Å². The maximum atomic E-state index is 13.7. The summed E-state index contributed by atoms with van der Waals surface area (Å²) >= 11 is 0. The quantitative estimate of drug-likeness (QED) is 0.214. The fraction of sp³-hybridized carbons (Fsp3) is 0.385. The molecule has 4 aromatic rings. The molecule has 1 N–H and O–H groups in total. The summed E-state index contributed by atoms with van der Waals surface area (Å²) in [6.45, 7) is 3.64. The van der Waals surface area contributed by atoms with Gasteiger partial charge in [-0.05, 0) is 30.0 Å². The van der Waals surface area contributed by atoms with Crippen LogP contribution >= 0.6 is 0 Å². The van der Waals surface area contributed by atoms with Crippen LogP contribution < -0.4 is 5.32 Å². The number of nitrogens with zero attached hydrogens (tertiary/aromatic N) is 5. The van der Waals surface area contributed by atoms with Crippen LogP contribution in [0.1, 0.15) is 59.6 Å². The van der Waals surface area contributed by atoms with Crippen molar-refractivity contribution in [1.29, 1.82) is 0 Å². The van der Waals surface area contributed by atoms with Crippen LogP contribution in [0.4, 0.5) is 22.0 Å². The molecule has 0 aliphatic heterocycles. The molecule has 3 aromatic heterocycles. The number of hydrogen-bond acceptors (Lipinski definition) is 4. The van der Waals surface area contributed by atoms with Crippen molar-refractivity contribution in [3.8, 4) is 11.3 Å². The van der Waals surface area contributed by atoms with Crippen molar-refractivity contribution in [2.24, 2.45) is 0 Å². The van der Waals surface area contributed by atoms with Gasteiger partial charge in [0.05, 0.1) is 23.1 Å². The standard InChI is InChI=1S/C26H27F5N6O/c1-3-5-8-33-25(38)18-7-6-16(11-17(18)4-2)12-20-24-34-13-21(37(24)10-9-32-20)19-14-36(15-22(27)28)35-23(19)26(29,30)31/h6-7,9-11,13-14,22H,3-5,8,12,15H2,1-2H3,(H,33,38). The first-order valence-electron chi connectivity index (χ1n) is 12.3. The minimum atomic E-state index is -4.84. The van der Waals surface area contributed by atoms with Crippen LogP contribution in [0.15, 0.2) is 43.0 Å². The van der Waals surface area contributed by atoms with E-state index >= 15 is 0 Å². The number of aromatic nitrogens is 5. The van der Waals surface area contributed by atoms with E-state index in [1.165, 1.54) is 23.0 Å². The summed E-state index contributed by atoms with van der Waals surface area (Å²) in [7, 11) is 0. The summed E-state index contributed by atoms with van der Waals surface area (Å²) in [6.07, 6.45) is 0.243. The van der Waals surface area contributed by atoms with Crippen LogP contribution in [0.5, 0.6) is 0 Å². The number of halogens is 5. The van der Waals surface area contributed by atoms with Gasteiger partial charge in [0.15, 0.2) is 11.3 Å². The lowest BCUT2D eigenvalue weighted by molar-refractivity contribution is -0.141. The van der Waals surface area contributed by atoms with E-state index in [4.69, 9.17) is 0 Å². The molecule has 0 aliphatic rings. The van der Waals surface area contributed by atoms with Crippen LogP contribution in [0, 0.1) is 0 Å². The minimum absolute atomic E-state index is 0.0600. The van der Waals surface area contributed by atoms with Gasteiger partial charge in [0, 0.05) is 37.1 Å². The molecule has 0 unspecified atom stereocenters. The Bertz CT molecular complexity index is 1430. The maximum Gasteiger partial charge on any atom is 0.435 e. The zero-order valence-electron chi connectivity index (χ0n) is 20.9. The Morgan fingerprint density at radius 2 is 1.95 bits per heavy atom. The van der Waals surface area contributed by atoms with Crippen LogP contribution in [-0.2, 0) is 25.6 Å². The lowest BCUT2D eigenvalue weighted by atomic mass is 9.99. The molecule has 1 aromatic carbocycles. The second kappa shape index (κ2) is 11.3. The van der Waals surface area contributed by atoms with Crippen LogP contribution in [0.3, 0.4) is 0 Å². The van der Waals surface area contributed by atoms with Gasteiger partial charge in [0.1, 0.15) is 6.54 Å². The third-order valence-corrected chi connectivity index (χ3v) is 6.11. The smallest absolute Gasteiger partial charge is 0.352 e. The highest BCUT2D eigenvalue weighted by Crippen LogP contribution is 2.36. The van der Waals surface area contributed by atoms with Crippen molar-refractivity contribution in [1.82, 2.24) is 29.5 Å². The molecule has 0 radical (unpaired) electrons. The second-order valence-corrected chi connectivity index (χ2v) is 8.84. The van der Waals surface area contributed by atoms with Gasteiger partial charge < -0.3 is 5.32 Å². The van der Waals surface area contributed by atoms with E-state index in [9.17, 15) is 26.7 Å². The molecule has 202 valence electrons. The normalized spacial score (nSPS) is 12.0. The number of nitrogens with one attached hydrogen (secondary N) is 1. The second-order valence-electron chi connectivity index (χ2n) is 8.84. The highest BCUT2D eigenvalue weighted by atomic mass is 19.4. The fourth-order valence-corrected chi connectivity index (χ4v) is 4.29. The molecular formula is C26H27F5N6O. The van der Waals surface area contributed by atoms with E-state index in [-0.39, 0.29) is 17.2 Å². The van der Waals surface area contributed by atoms with Crippen molar-refractivity contribution in [2.45, 2.75) is 58.7 Å². The average Bonchev–Trinajstić information content (AvgIpc) is 3.48. The van der Waals surface area contributed by atoms with Crippen LogP contribution in [-0.4, -0.2) is 43.0 Å². The number of hydrogen-bond donors (Lipinski definition) is 1. The number of carbonyl (C=O) groups is 1. The number of amides is 1. The van der Waals surface area contributed by atoms with Gasteiger partial charge in [0.2, 0.25) is 0 Å². The van der Waals surface area contributed by atoms with Crippen molar-refractivity contribution in [3.63, 3.8) is 0 Å². The van der Waals surface area contributed by atoms with Crippen molar-refractivity contribution in [2.75, 3.05) is 6.54 Å². The molecule has 0 saturated carbocycles. The molecule has 3 heterocycles. The molecule has 0 aliphatic carbocycles. The molecule has 0 atom stereocenters. The monoisotopic (exact) mass is 534 g/mol. The van der Waals surface area contributed by atoms with E-state index in [2.05, 4.69) is 20.4 Å². The van der Waals surface area contributed by atoms with E-state index in [0.717, 1.165) is 30.2 Å². The largest absolute Gasteiger partial charge is 0.435 e. The average molecular weight is 535 g/mol. The van der Waals surface area contributed by atoms with Crippen molar-refractivity contribution < 1.29 is 26.7 Å². The molecule has 4 rings (SSSR count). The Morgan fingerprint density at radius 3 is 2.63 bits per heavy atom. The molecule has 0 fully saturated rings. The zero-order valence-corrected chi connectivity index (χ0v) is 20.9. The summed E-state index contributed by atoms with van der Waals surface area (Å²) in [5.74, 6) is -0.132. The number of unbranched alkanes of at least 4 members (excludes halogenated alkanes) is 1. The summed E-state index contributed by atoms with van der Waals surface area (Å²) in [4.78, 5) is 21.3.